The van der Waals surface area contributed by atoms with E-state index in [2.05, 4.69) is 25.8 Å². The molecule has 0 aliphatic carbocycles. The molecule has 3 rings (SSSR count). The van der Waals surface area contributed by atoms with E-state index in [1.165, 1.54) is 0 Å². The first kappa shape index (κ1) is 14.5. The maximum atomic E-state index is 6.03. The molecule has 0 amide bonds. The molecule has 0 aromatic carbocycles. The number of halogens is 1. The molecule has 112 valence electrons. The van der Waals surface area contributed by atoms with E-state index in [9.17, 15) is 0 Å². The van der Waals surface area contributed by atoms with Gasteiger partial charge >= 0.3 is 0 Å². The molecule has 1 fully saturated rings. The van der Waals surface area contributed by atoms with Gasteiger partial charge in [0.2, 0.25) is 0 Å². The number of nitrogens with zero attached hydrogens (tertiary/aromatic N) is 5. The highest BCUT2D eigenvalue weighted by Crippen LogP contribution is 2.13. The van der Waals surface area contributed by atoms with E-state index in [1.807, 2.05) is 29.9 Å². The fraction of sp³-hybridized carbons (Fsp3) is 0.467. The molecule has 2 aromatic rings. The molecule has 0 bridgehead atoms. The highest BCUT2D eigenvalue weighted by molar-refractivity contribution is 6.29. The van der Waals surface area contributed by atoms with Crippen LogP contribution in [0.5, 0.6) is 0 Å². The summed E-state index contributed by atoms with van der Waals surface area (Å²) in [6.07, 6.45) is 3.57. The third-order valence-corrected chi connectivity index (χ3v) is 4.32. The third kappa shape index (κ3) is 3.61. The molecular formula is C15H20ClN5. The van der Waals surface area contributed by atoms with Gasteiger partial charge in [-0.25, -0.2) is 4.98 Å². The zero-order valence-corrected chi connectivity index (χ0v) is 13.0. The minimum Gasteiger partial charge on any atom is -0.321 e. The number of aromatic nitrogens is 3. The van der Waals surface area contributed by atoms with Crippen molar-refractivity contribution < 1.29 is 0 Å². The third-order valence-electron chi connectivity index (χ3n) is 3.97. The molecule has 0 radical (unpaired) electrons. The van der Waals surface area contributed by atoms with Gasteiger partial charge in [-0.1, -0.05) is 17.7 Å². The molecule has 1 saturated heterocycles. The number of hydrogen-bond acceptors (Lipinski definition) is 4. The SMILES string of the molecule is Cn1c(Cl)cnc1CN1CCN(Cc2ccccn2)CC1. The molecule has 5 nitrogen and oxygen atoms in total. The molecule has 1 aliphatic heterocycles. The molecule has 1 aliphatic rings. The Kier molecular flexibility index (Phi) is 4.53. The van der Waals surface area contributed by atoms with Gasteiger partial charge in [0, 0.05) is 46.0 Å². The Bertz CT molecular complexity index is 575. The van der Waals surface area contributed by atoms with Gasteiger partial charge in [0.25, 0.3) is 0 Å². The fourth-order valence-corrected chi connectivity index (χ4v) is 2.74. The number of imidazole rings is 1. The Labute approximate surface area is 130 Å². The van der Waals surface area contributed by atoms with Crippen molar-refractivity contribution in [2.45, 2.75) is 13.1 Å². The van der Waals surface area contributed by atoms with Gasteiger partial charge < -0.3 is 4.57 Å². The van der Waals surface area contributed by atoms with E-state index in [4.69, 9.17) is 11.6 Å². The predicted molar refractivity (Wildman–Crippen MR) is 83.0 cm³/mol. The van der Waals surface area contributed by atoms with Gasteiger partial charge in [-0.15, -0.1) is 0 Å². The van der Waals surface area contributed by atoms with E-state index in [0.29, 0.717) is 5.15 Å². The first-order chi connectivity index (χ1) is 10.2. The summed E-state index contributed by atoms with van der Waals surface area (Å²) >= 11 is 6.03. The summed E-state index contributed by atoms with van der Waals surface area (Å²) in [6.45, 7) is 6.03. The number of rotatable bonds is 4. The molecule has 21 heavy (non-hydrogen) atoms. The average molecular weight is 306 g/mol. The molecule has 0 N–H and O–H groups in total. The summed E-state index contributed by atoms with van der Waals surface area (Å²) in [7, 11) is 1.96. The van der Waals surface area contributed by atoms with Crippen LogP contribution in [0.4, 0.5) is 0 Å². The first-order valence-electron chi connectivity index (χ1n) is 7.23. The summed E-state index contributed by atoms with van der Waals surface area (Å²) in [5.74, 6) is 1.03. The topological polar surface area (TPSA) is 37.2 Å². The van der Waals surface area contributed by atoms with E-state index in [1.54, 1.807) is 6.20 Å². The van der Waals surface area contributed by atoms with Gasteiger partial charge in [-0.05, 0) is 12.1 Å². The lowest BCUT2D eigenvalue weighted by Crippen LogP contribution is -2.45. The van der Waals surface area contributed by atoms with Gasteiger partial charge in [0.1, 0.15) is 11.0 Å². The van der Waals surface area contributed by atoms with Crippen LogP contribution in [-0.4, -0.2) is 50.5 Å². The van der Waals surface area contributed by atoms with Crippen LogP contribution in [0.25, 0.3) is 0 Å². The normalized spacial score (nSPS) is 17.2. The van der Waals surface area contributed by atoms with Gasteiger partial charge in [-0.2, -0.15) is 0 Å². The second-order valence-corrected chi connectivity index (χ2v) is 5.82. The van der Waals surface area contributed by atoms with E-state index in [-0.39, 0.29) is 0 Å². The fourth-order valence-electron chi connectivity index (χ4n) is 2.60. The van der Waals surface area contributed by atoms with Crippen LogP contribution in [0.2, 0.25) is 5.15 Å². The zero-order chi connectivity index (χ0) is 14.7. The molecule has 0 spiro atoms. The molecule has 0 atom stereocenters. The zero-order valence-electron chi connectivity index (χ0n) is 12.2. The van der Waals surface area contributed by atoms with Crippen LogP contribution in [0.1, 0.15) is 11.5 Å². The number of piperazine rings is 1. The Balaban J connectivity index is 1.50. The molecule has 6 heteroatoms. The summed E-state index contributed by atoms with van der Waals surface area (Å²) in [4.78, 5) is 13.6. The predicted octanol–water partition coefficient (Wildman–Crippen LogP) is 1.79. The van der Waals surface area contributed by atoms with E-state index in [0.717, 1.165) is 50.8 Å². The number of hydrogen-bond donors (Lipinski definition) is 0. The minimum absolute atomic E-state index is 0.693. The van der Waals surface area contributed by atoms with E-state index >= 15 is 0 Å². The maximum absolute atomic E-state index is 6.03. The molecule has 3 heterocycles. The molecule has 0 unspecified atom stereocenters. The standard InChI is InChI=1S/C15H20ClN5/c1-19-14(16)10-18-15(19)12-21-8-6-20(7-9-21)11-13-4-2-3-5-17-13/h2-5,10H,6-9,11-12H2,1H3. The lowest BCUT2D eigenvalue weighted by molar-refractivity contribution is 0.118. The average Bonchev–Trinajstić information content (AvgIpc) is 2.82. The molecule has 0 saturated carbocycles. The van der Waals surface area contributed by atoms with Crippen molar-refractivity contribution >= 4 is 11.6 Å². The van der Waals surface area contributed by atoms with Crippen molar-refractivity contribution in [3.8, 4) is 0 Å². The molecule has 2 aromatic heterocycles. The summed E-state index contributed by atoms with van der Waals surface area (Å²) in [5, 5.41) is 0.693. The van der Waals surface area contributed by atoms with Crippen LogP contribution in [0, 0.1) is 0 Å². The second-order valence-electron chi connectivity index (χ2n) is 5.43. The van der Waals surface area contributed by atoms with Crippen molar-refractivity contribution in [2.24, 2.45) is 7.05 Å². The van der Waals surface area contributed by atoms with Crippen molar-refractivity contribution in [3.05, 3.63) is 47.3 Å². The van der Waals surface area contributed by atoms with Crippen molar-refractivity contribution in [2.75, 3.05) is 26.2 Å². The van der Waals surface area contributed by atoms with Crippen LogP contribution >= 0.6 is 11.6 Å². The highest BCUT2D eigenvalue weighted by atomic mass is 35.5. The maximum Gasteiger partial charge on any atom is 0.128 e. The Morgan fingerprint density at radius 1 is 1.05 bits per heavy atom. The highest BCUT2D eigenvalue weighted by Gasteiger charge is 2.19. The summed E-state index contributed by atoms with van der Waals surface area (Å²) < 4.78 is 1.95. The lowest BCUT2D eigenvalue weighted by atomic mass is 10.2. The van der Waals surface area contributed by atoms with Gasteiger partial charge in [-0.3, -0.25) is 14.8 Å². The van der Waals surface area contributed by atoms with Crippen LogP contribution in [0.15, 0.2) is 30.6 Å². The van der Waals surface area contributed by atoms with Gasteiger partial charge in [0.05, 0.1) is 18.4 Å². The number of pyridine rings is 1. The smallest absolute Gasteiger partial charge is 0.128 e. The van der Waals surface area contributed by atoms with Crippen molar-refractivity contribution in [1.82, 2.24) is 24.3 Å². The summed E-state index contributed by atoms with van der Waals surface area (Å²) in [5.41, 5.74) is 1.14. The lowest BCUT2D eigenvalue weighted by Gasteiger charge is -2.34. The largest absolute Gasteiger partial charge is 0.321 e. The Morgan fingerprint density at radius 3 is 2.33 bits per heavy atom. The second kappa shape index (κ2) is 6.56. The Hall–Kier alpha value is -1.43. The van der Waals surface area contributed by atoms with Crippen LogP contribution in [0.3, 0.4) is 0 Å². The van der Waals surface area contributed by atoms with Crippen molar-refractivity contribution in [1.29, 1.82) is 0 Å². The molecular weight excluding hydrogens is 286 g/mol. The van der Waals surface area contributed by atoms with Gasteiger partial charge in [0.15, 0.2) is 0 Å². The van der Waals surface area contributed by atoms with Crippen LogP contribution in [-0.2, 0) is 20.1 Å². The van der Waals surface area contributed by atoms with E-state index < -0.39 is 0 Å². The Morgan fingerprint density at radius 2 is 1.76 bits per heavy atom. The first-order valence-corrected chi connectivity index (χ1v) is 7.61. The minimum atomic E-state index is 0.693. The monoisotopic (exact) mass is 305 g/mol. The van der Waals surface area contributed by atoms with Crippen LogP contribution < -0.4 is 0 Å². The summed E-state index contributed by atoms with van der Waals surface area (Å²) in [6, 6.07) is 6.09. The van der Waals surface area contributed by atoms with Crippen molar-refractivity contribution in [3.63, 3.8) is 0 Å². The quantitative estimate of drug-likeness (QED) is 0.863.